The minimum atomic E-state index is -0.543. The van der Waals surface area contributed by atoms with Gasteiger partial charge in [0.1, 0.15) is 5.82 Å². The molecule has 1 amide bonds. The quantitative estimate of drug-likeness (QED) is 0.853. The first-order valence-corrected chi connectivity index (χ1v) is 5.92. The summed E-state index contributed by atoms with van der Waals surface area (Å²) in [6, 6.07) is 4.13. The van der Waals surface area contributed by atoms with Gasteiger partial charge in [0.2, 0.25) is 5.91 Å². The van der Waals surface area contributed by atoms with E-state index in [1.165, 1.54) is 12.1 Å². The molecular formula is C12H16ClFN2O. The van der Waals surface area contributed by atoms with Crippen LogP contribution in [0.25, 0.3) is 0 Å². The lowest BCUT2D eigenvalue weighted by atomic mass is 10.0. The van der Waals surface area contributed by atoms with Gasteiger partial charge in [0.15, 0.2) is 0 Å². The monoisotopic (exact) mass is 258 g/mol. The van der Waals surface area contributed by atoms with Crippen molar-refractivity contribution in [3.05, 3.63) is 29.0 Å². The number of hydrogen-bond donors (Lipinski definition) is 2. The van der Waals surface area contributed by atoms with E-state index in [1.54, 1.807) is 0 Å². The molecule has 0 aliphatic heterocycles. The van der Waals surface area contributed by atoms with E-state index >= 15 is 0 Å². The summed E-state index contributed by atoms with van der Waals surface area (Å²) in [6.07, 6.45) is 1.55. The fourth-order valence-corrected chi connectivity index (χ4v) is 1.69. The van der Waals surface area contributed by atoms with Crippen molar-refractivity contribution in [2.75, 3.05) is 11.9 Å². The first-order chi connectivity index (χ1) is 8.08. The molecule has 1 rings (SSSR count). The average molecular weight is 259 g/mol. The molecule has 0 fully saturated rings. The Hall–Kier alpha value is -1.13. The molecule has 5 heteroatoms. The normalized spacial score (nSPS) is 12.2. The van der Waals surface area contributed by atoms with Gasteiger partial charge in [-0.15, -0.1) is 0 Å². The van der Waals surface area contributed by atoms with Crippen LogP contribution in [0.2, 0.25) is 5.02 Å². The van der Waals surface area contributed by atoms with E-state index < -0.39 is 5.82 Å². The minimum absolute atomic E-state index is 0.133. The first kappa shape index (κ1) is 13.9. The van der Waals surface area contributed by atoms with Crippen LogP contribution in [0.5, 0.6) is 0 Å². The second-order valence-corrected chi connectivity index (χ2v) is 4.27. The van der Waals surface area contributed by atoms with E-state index in [4.69, 9.17) is 17.3 Å². The molecule has 3 nitrogen and oxygen atoms in total. The van der Waals surface area contributed by atoms with Crippen LogP contribution in [0.15, 0.2) is 18.2 Å². The fraction of sp³-hybridized carbons (Fsp3) is 0.417. The Bertz CT molecular complexity index is 398. The number of nitrogens with one attached hydrogen (secondary N) is 1. The van der Waals surface area contributed by atoms with Crippen LogP contribution in [0.1, 0.15) is 19.8 Å². The third-order valence-corrected chi connectivity index (χ3v) is 2.72. The van der Waals surface area contributed by atoms with Crippen molar-refractivity contribution in [3.63, 3.8) is 0 Å². The zero-order valence-electron chi connectivity index (χ0n) is 9.67. The summed E-state index contributed by atoms with van der Waals surface area (Å²) in [4.78, 5) is 11.8. The highest BCUT2D eigenvalue weighted by Gasteiger charge is 2.17. The summed E-state index contributed by atoms with van der Waals surface area (Å²) in [5, 5.41) is 2.82. The van der Waals surface area contributed by atoms with E-state index in [9.17, 15) is 9.18 Å². The molecule has 0 bridgehead atoms. The lowest BCUT2D eigenvalue weighted by molar-refractivity contribution is -0.119. The van der Waals surface area contributed by atoms with Gasteiger partial charge < -0.3 is 11.1 Å². The molecule has 3 N–H and O–H groups in total. The van der Waals surface area contributed by atoms with Gasteiger partial charge in [0.05, 0.1) is 11.6 Å². The van der Waals surface area contributed by atoms with Crippen LogP contribution >= 0.6 is 11.6 Å². The molecular weight excluding hydrogens is 243 g/mol. The fourth-order valence-electron chi connectivity index (χ4n) is 1.53. The maximum absolute atomic E-state index is 13.4. The van der Waals surface area contributed by atoms with Crippen molar-refractivity contribution in [1.82, 2.24) is 0 Å². The Kier molecular flexibility index (Phi) is 5.38. The van der Waals surface area contributed by atoms with Gasteiger partial charge in [0.25, 0.3) is 0 Å². The molecule has 1 aromatic rings. The number of anilines is 1. The molecule has 0 radical (unpaired) electrons. The Morgan fingerprint density at radius 1 is 1.59 bits per heavy atom. The van der Waals surface area contributed by atoms with Crippen LogP contribution < -0.4 is 11.1 Å². The average Bonchev–Trinajstić information content (AvgIpc) is 2.29. The SMILES string of the molecule is CCCC(CN)C(=O)Nc1ccc(Cl)cc1F. The number of benzene rings is 1. The van der Waals surface area contributed by atoms with Crippen LogP contribution in [0, 0.1) is 11.7 Å². The van der Waals surface area contributed by atoms with Gasteiger partial charge in [-0.1, -0.05) is 24.9 Å². The molecule has 17 heavy (non-hydrogen) atoms. The van der Waals surface area contributed by atoms with E-state index in [-0.39, 0.29) is 24.1 Å². The van der Waals surface area contributed by atoms with Crippen molar-refractivity contribution in [2.24, 2.45) is 11.7 Å². The number of carbonyl (C=O) groups excluding carboxylic acids is 1. The number of amides is 1. The molecule has 0 aliphatic carbocycles. The molecule has 0 saturated carbocycles. The zero-order chi connectivity index (χ0) is 12.8. The van der Waals surface area contributed by atoms with Gasteiger partial charge >= 0.3 is 0 Å². The Morgan fingerprint density at radius 3 is 2.82 bits per heavy atom. The number of rotatable bonds is 5. The third-order valence-electron chi connectivity index (χ3n) is 2.48. The van der Waals surface area contributed by atoms with Gasteiger partial charge in [-0.05, 0) is 24.6 Å². The van der Waals surface area contributed by atoms with Crippen molar-refractivity contribution >= 4 is 23.2 Å². The number of halogens is 2. The summed E-state index contributed by atoms with van der Waals surface area (Å²) in [5.41, 5.74) is 5.63. The minimum Gasteiger partial charge on any atom is -0.330 e. The van der Waals surface area contributed by atoms with E-state index in [0.29, 0.717) is 11.4 Å². The van der Waals surface area contributed by atoms with Crippen molar-refractivity contribution in [2.45, 2.75) is 19.8 Å². The Balaban J connectivity index is 2.73. The third kappa shape index (κ3) is 3.98. The Morgan fingerprint density at radius 2 is 2.29 bits per heavy atom. The largest absolute Gasteiger partial charge is 0.330 e. The lowest BCUT2D eigenvalue weighted by Crippen LogP contribution is -2.29. The number of hydrogen-bond acceptors (Lipinski definition) is 2. The summed E-state index contributed by atoms with van der Waals surface area (Å²) < 4.78 is 13.4. The highest BCUT2D eigenvalue weighted by Crippen LogP contribution is 2.20. The second-order valence-electron chi connectivity index (χ2n) is 3.83. The van der Waals surface area contributed by atoms with Crippen LogP contribution in [-0.2, 0) is 4.79 Å². The maximum atomic E-state index is 13.4. The Labute approximate surface area is 105 Å². The highest BCUT2D eigenvalue weighted by molar-refractivity contribution is 6.30. The number of carbonyl (C=O) groups is 1. The van der Waals surface area contributed by atoms with Gasteiger partial charge in [-0.25, -0.2) is 4.39 Å². The molecule has 0 aliphatic rings. The predicted octanol–water partition coefficient (Wildman–Crippen LogP) is 2.79. The van der Waals surface area contributed by atoms with Crippen LogP contribution in [0.4, 0.5) is 10.1 Å². The number of nitrogens with two attached hydrogens (primary N) is 1. The summed E-state index contributed by atoms with van der Waals surface area (Å²) in [7, 11) is 0. The molecule has 0 spiro atoms. The van der Waals surface area contributed by atoms with Gasteiger partial charge in [-0.2, -0.15) is 0 Å². The highest BCUT2D eigenvalue weighted by atomic mass is 35.5. The van der Waals surface area contributed by atoms with E-state index in [0.717, 1.165) is 12.5 Å². The summed E-state index contributed by atoms with van der Waals surface area (Å²) in [6.45, 7) is 2.23. The predicted molar refractivity (Wildman–Crippen MR) is 67.5 cm³/mol. The maximum Gasteiger partial charge on any atom is 0.228 e. The molecule has 0 aromatic heterocycles. The molecule has 94 valence electrons. The summed E-state index contributed by atoms with van der Waals surface area (Å²) >= 11 is 5.62. The standard InChI is InChI=1S/C12H16ClFN2O/c1-2-3-8(7-15)12(17)16-11-5-4-9(13)6-10(11)14/h4-6,8H,2-3,7,15H2,1H3,(H,16,17). The molecule has 1 aromatic carbocycles. The second kappa shape index (κ2) is 6.57. The van der Waals surface area contributed by atoms with Crippen molar-refractivity contribution in [1.29, 1.82) is 0 Å². The zero-order valence-corrected chi connectivity index (χ0v) is 10.4. The van der Waals surface area contributed by atoms with Gasteiger partial charge in [0, 0.05) is 11.6 Å². The topological polar surface area (TPSA) is 55.1 Å². The van der Waals surface area contributed by atoms with Crippen molar-refractivity contribution < 1.29 is 9.18 Å². The summed E-state index contributed by atoms with van der Waals surface area (Å²) in [5.74, 6) is -1.08. The molecule has 0 saturated heterocycles. The molecule has 0 heterocycles. The molecule has 1 atom stereocenters. The lowest BCUT2D eigenvalue weighted by Gasteiger charge is -2.14. The van der Waals surface area contributed by atoms with Crippen molar-refractivity contribution in [3.8, 4) is 0 Å². The molecule has 1 unspecified atom stereocenters. The van der Waals surface area contributed by atoms with Crippen LogP contribution in [-0.4, -0.2) is 12.5 Å². The van der Waals surface area contributed by atoms with Gasteiger partial charge in [-0.3, -0.25) is 4.79 Å². The van der Waals surface area contributed by atoms with Crippen LogP contribution in [0.3, 0.4) is 0 Å². The first-order valence-electron chi connectivity index (χ1n) is 5.54. The van der Waals surface area contributed by atoms with E-state index in [2.05, 4.69) is 5.32 Å². The van der Waals surface area contributed by atoms with E-state index in [1.807, 2.05) is 6.92 Å². The smallest absolute Gasteiger partial charge is 0.228 e.